The number of hydrogen-bond donors (Lipinski definition) is 3. The molecule has 2 atom stereocenters. The number of rotatable bonds is 9. The van der Waals surface area contributed by atoms with Crippen LogP contribution in [0.4, 0.5) is 0 Å². The minimum Gasteiger partial charge on any atom is -0.480 e. The van der Waals surface area contributed by atoms with Gasteiger partial charge in [-0.3, -0.25) is 4.79 Å². The third-order valence-corrected chi connectivity index (χ3v) is 9.10. The smallest absolute Gasteiger partial charge is 0.326 e. The summed E-state index contributed by atoms with van der Waals surface area (Å²) in [6.07, 6.45) is 0.688. The highest BCUT2D eigenvalue weighted by molar-refractivity contribution is 7.89. The van der Waals surface area contributed by atoms with E-state index in [1.54, 1.807) is 12.1 Å². The van der Waals surface area contributed by atoms with E-state index in [1.807, 2.05) is 36.4 Å². The van der Waals surface area contributed by atoms with Gasteiger partial charge in [-0.15, -0.1) is 10.2 Å². The lowest BCUT2D eigenvalue weighted by atomic mass is 9.97. The number of amides is 1. The van der Waals surface area contributed by atoms with Gasteiger partial charge in [0, 0.05) is 28.6 Å². The van der Waals surface area contributed by atoms with Crippen molar-refractivity contribution in [2.75, 3.05) is 6.54 Å². The first-order chi connectivity index (χ1) is 19.6. The van der Waals surface area contributed by atoms with Gasteiger partial charge in [-0.05, 0) is 52.9 Å². The van der Waals surface area contributed by atoms with Crippen LogP contribution in [0.2, 0.25) is 10.0 Å². The number of aromatic nitrogens is 4. The summed E-state index contributed by atoms with van der Waals surface area (Å²) < 4.78 is 27.7. The number of carboxylic acid groups (broad SMARTS) is 1. The van der Waals surface area contributed by atoms with E-state index >= 15 is 0 Å². The molecule has 0 radical (unpaired) electrons. The average Bonchev–Trinajstić information content (AvgIpc) is 3.66. The van der Waals surface area contributed by atoms with E-state index in [0.717, 1.165) is 21.0 Å². The number of halogens is 2. The zero-order valence-electron chi connectivity index (χ0n) is 21.4. The fourth-order valence-electron chi connectivity index (χ4n) is 4.83. The number of nitrogens with zero attached hydrogens (tertiary/aromatic N) is 4. The van der Waals surface area contributed by atoms with Crippen LogP contribution in [0.15, 0.2) is 71.6 Å². The van der Waals surface area contributed by atoms with Gasteiger partial charge in [-0.2, -0.15) is 9.52 Å². The van der Waals surface area contributed by atoms with E-state index in [9.17, 15) is 23.1 Å². The lowest BCUT2D eigenvalue weighted by Gasteiger charge is -2.25. The summed E-state index contributed by atoms with van der Waals surface area (Å²) >= 11 is 12.0. The third kappa shape index (κ3) is 6.25. The monoisotopic (exact) mass is 614 g/mol. The number of aliphatic carboxylic acids is 1. The minimum atomic E-state index is -4.10. The van der Waals surface area contributed by atoms with Crippen LogP contribution >= 0.6 is 23.2 Å². The Morgan fingerprint density at radius 3 is 2.37 bits per heavy atom. The average molecular weight is 615 g/mol. The summed E-state index contributed by atoms with van der Waals surface area (Å²) in [4.78, 5) is 25.2. The van der Waals surface area contributed by atoms with Crippen LogP contribution in [-0.2, 0) is 26.0 Å². The van der Waals surface area contributed by atoms with Crippen LogP contribution in [0.3, 0.4) is 0 Å². The highest BCUT2D eigenvalue weighted by Crippen LogP contribution is 2.31. The SMILES string of the molecule is O=C(O)[C@H](Cc1ccc(-c2ccccc2-c2nn[nH]n2)cc1)NC(=O)[C@@H]1CCCN1S(=O)(=O)c1cc(Cl)cc(Cl)c1. The van der Waals surface area contributed by atoms with Crippen molar-refractivity contribution in [2.45, 2.75) is 36.2 Å². The van der Waals surface area contributed by atoms with E-state index in [1.165, 1.54) is 18.2 Å². The number of carbonyl (C=O) groups excluding carboxylic acids is 1. The molecule has 1 amide bonds. The maximum Gasteiger partial charge on any atom is 0.326 e. The van der Waals surface area contributed by atoms with Gasteiger partial charge in [0.2, 0.25) is 21.8 Å². The highest BCUT2D eigenvalue weighted by Gasteiger charge is 2.40. The molecular weight excluding hydrogens is 591 g/mol. The van der Waals surface area contributed by atoms with Crippen molar-refractivity contribution in [2.24, 2.45) is 0 Å². The maximum absolute atomic E-state index is 13.3. The molecule has 41 heavy (non-hydrogen) atoms. The van der Waals surface area contributed by atoms with E-state index in [2.05, 4.69) is 25.9 Å². The largest absolute Gasteiger partial charge is 0.480 e. The second kappa shape index (κ2) is 12.0. The molecule has 0 bridgehead atoms. The minimum absolute atomic E-state index is 0.00276. The molecule has 5 rings (SSSR count). The van der Waals surface area contributed by atoms with Crippen molar-refractivity contribution in [3.05, 3.63) is 82.3 Å². The molecule has 1 saturated heterocycles. The quantitative estimate of drug-likeness (QED) is 0.257. The topological polar surface area (TPSA) is 158 Å². The number of tetrazole rings is 1. The van der Waals surface area contributed by atoms with Gasteiger partial charge in [0.25, 0.3) is 0 Å². The summed E-state index contributed by atoms with van der Waals surface area (Å²) in [6.45, 7) is 0.106. The Labute approximate surface area is 245 Å². The number of nitrogens with one attached hydrogen (secondary N) is 2. The summed E-state index contributed by atoms with van der Waals surface area (Å²) in [5.41, 5.74) is 3.17. The first-order valence-corrected chi connectivity index (χ1v) is 14.8. The second-order valence-corrected chi connectivity index (χ2v) is 12.2. The van der Waals surface area contributed by atoms with Crippen LogP contribution in [0.5, 0.6) is 0 Å². The molecule has 14 heteroatoms. The number of carboxylic acids is 1. The van der Waals surface area contributed by atoms with Crippen LogP contribution in [0.1, 0.15) is 18.4 Å². The molecule has 3 aromatic carbocycles. The predicted octanol–water partition coefficient (Wildman–Crippen LogP) is 3.81. The summed E-state index contributed by atoms with van der Waals surface area (Å²) in [5.74, 6) is -1.48. The number of H-pyrrole nitrogens is 1. The van der Waals surface area contributed by atoms with Crippen molar-refractivity contribution in [3.8, 4) is 22.5 Å². The van der Waals surface area contributed by atoms with Crippen LogP contribution in [0.25, 0.3) is 22.5 Å². The molecule has 1 aliphatic rings. The number of sulfonamides is 1. The number of hydrogen-bond acceptors (Lipinski definition) is 7. The molecule has 4 aromatic rings. The fraction of sp³-hybridized carbons (Fsp3) is 0.222. The molecule has 1 aliphatic heterocycles. The maximum atomic E-state index is 13.3. The number of aromatic amines is 1. The first kappa shape index (κ1) is 28.7. The Balaban J connectivity index is 1.31. The molecule has 0 unspecified atom stereocenters. The van der Waals surface area contributed by atoms with Crippen LogP contribution in [-0.4, -0.2) is 69.0 Å². The van der Waals surface area contributed by atoms with Crippen LogP contribution < -0.4 is 5.32 Å². The van der Waals surface area contributed by atoms with E-state index in [0.29, 0.717) is 17.8 Å². The Morgan fingerprint density at radius 1 is 1.05 bits per heavy atom. The van der Waals surface area contributed by atoms with Gasteiger partial charge >= 0.3 is 5.97 Å². The first-order valence-electron chi connectivity index (χ1n) is 12.6. The molecule has 212 valence electrons. The predicted molar refractivity (Wildman–Crippen MR) is 152 cm³/mol. The zero-order chi connectivity index (χ0) is 29.1. The van der Waals surface area contributed by atoms with Gasteiger partial charge in [0.1, 0.15) is 12.1 Å². The van der Waals surface area contributed by atoms with Gasteiger partial charge in [-0.25, -0.2) is 13.2 Å². The Hall–Kier alpha value is -3.84. The van der Waals surface area contributed by atoms with Gasteiger partial charge < -0.3 is 10.4 Å². The Kier molecular flexibility index (Phi) is 8.36. The molecule has 0 saturated carbocycles. The van der Waals surface area contributed by atoms with Gasteiger partial charge in [-0.1, -0.05) is 71.7 Å². The molecule has 0 aliphatic carbocycles. The lowest BCUT2D eigenvalue weighted by molar-refractivity contribution is -0.142. The Bertz CT molecular complexity index is 1660. The van der Waals surface area contributed by atoms with Gasteiger partial charge in [0.15, 0.2) is 0 Å². The number of carbonyl (C=O) groups is 2. The molecule has 3 N–H and O–H groups in total. The fourth-order valence-corrected chi connectivity index (χ4v) is 7.22. The van der Waals surface area contributed by atoms with Crippen molar-refractivity contribution < 1.29 is 23.1 Å². The van der Waals surface area contributed by atoms with Crippen molar-refractivity contribution >= 4 is 45.1 Å². The molecular formula is C27H24Cl2N6O5S. The molecule has 11 nitrogen and oxygen atoms in total. The number of benzene rings is 3. The van der Waals surface area contributed by atoms with Crippen molar-refractivity contribution in [1.29, 1.82) is 0 Å². The molecule has 1 aromatic heterocycles. The van der Waals surface area contributed by atoms with Crippen molar-refractivity contribution in [3.63, 3.8) is 0 Å². The zero-order valence-corrected chi connectivity index (χ0v) is 23.7. The summed E-state index contributed by atoms with van der Waals surface area (Å²) in [6, 6.07) is 16.4. The standard InChI is InChI=1S/C27H24Cl2N6O5S/c28-18-13-19(29)15-20(14-18)41(39,40)35-11-3-6-24(35)26(36)30-23(27(37)38)12-16-7-9-17(10-8-16)21-4-1-2-5-22(21)25-31-33-34-32-25/h1-2,4-5,7-10,13-15,23-24H,3,6,11-12H2,(H,30,36)(H,37,38)(H,31,32,33,34)/t23-,24-/m0/s1. The second-order valence-electron chi connectivity index (χ2n) is 9.46. The van der Waals surface area contributed by atoms with Crippen molar-refractivity contribution in [1.82, 2.24) is 30.2 Å². The highest BCUT2D eigenvalue weighted by atomic mass is 35.5. The third-order valence-electron chi connectivity index (χ3n) is 6.78. The van der Waals surface area contributed by atoms with Gasteiger partial charge in [0.05, 0.1) is 4.90 Å². The molecule has 2 heterocycles. The lowest BCUT2D eigenvalue weighted by Crippen LogP contribution is -2.51. The van der Waals surface area contributed by atoms with E-state index in [4.69, 9.17) is 23.2 Å². The summed E-state index contributed by atoms with van der Waals surface area (Å²) in [5, 5.41) is 26.8. The normalized spacial score (nSPS) is 16.4. The van der Waals surface area contributed by atoms with E-state index < -0.39 is 34.0 Å². The van der Waals surface area contributed by atoms with Crippen LogP contribution in [0, 0.1) is 0 Å². The molecule has 1 fully saturated rings. The molecule has 0 spiro atoms. The van der Waals surface area contributed by atoms with E-state index in [-0.39, 0.29) is 34.3 Å². The Morgan fingerprint density at radius 2 is 1.73 bits per heavy atom. The summed E-state index contributed by atoms with van der Waals surface area (Å²) in [7, 11) is -4.10.